The third kappa shape index (κ3) is 5.70. The zero-order valence-electron chi connectivity index (χ0n) is 14.5. The number of benzene rings is 2. The molecule has 27 heavy (non-hydrogen) atoms. The number of hydrogen-bond acceptors (Lipinski definition) is 5. The summed E-state index contributed by atoms with van der Waals surface area (Å²) < 4.78 is 24.0. The molecule has 0 saturated carbocycles. The number of methoxy groups -OCH3 is 1. The summed E-state index contributed by atoms with van der Waals surface area (Å²) in [6.45, 7) is 0.0717. The van der Waals surface area contributed by atoms with Crippen molar-refractivity contribution in [2.75, 3.05) is 14.2 Å². The van der Waals surface area contributed by atoms with Gasteiger partial charge in [-0.3, -0.25) is 0 Å². The number of oxime groups is 1. The third-order valence-corrected chi connectivity index (χ3v) is 3.67. The molecule has 0 N–H and O–H groups in total. The average Bonchev–Trinajstić information content (AvgIpc) is 2.65. The van der Waals surface area contributed by atoms with E-state index < -0.39 is 11.8 Å². The summed E-state index contributed by atoms with van der Waals surface area (Å²) in [6.07, 6.45) is 1.37. The topological polar surface area (TPSA) is 57.1 Å². The van der Waals surface area contributed by atoms with Crippen LogP contribution >= 0.6 is 23.2 Å². The summed E-state index contributed by atoms with van der Waals surface area (Å²) in [5, 5.41) is 3.74. The van der Waals surface area contributed by atoms with Crippen molar-refractivity contribution in [3.05, 3.63) is 69.5 Å². The minimum Gasteiger partial charge on any atom is -0.488 e. The molecule has 0 amide bonds. The van der Waals surface area contributed by atoms with E-state index >= 15 is 0 Å². The van der Waals surface area contributed by atoms with Gasteiger partial charge in [-0.1, -0.05) is 52.6 Å². The number of rotatable bonds is 7. The van der Waals surface area contributed by atoms with Crippen LogP contribution in [-0.4, -0.2) is 25.9 Å². The molecule has 0 unspecified atom stereocenters. The molecular weight excluding hydrogens is 396 g/mol. The van der Waals surface area contributed by atoms with Crippen molar-refractivity contribution in [1.29, 1.82) is 0 Å². The van der Waals surface area contributed by atoms with E-state index in [2.05, 4.69) is 5.16 Å². The lowest BCUT2D eigenvalue weighted by molar-refractivity contribution is -0.132. The van der Waals surface area contributed by atoms with Gasteiger partial charge >= 0.3 is 5.97 Å². The van der Waals surface area contributed by atoms with Crippen molar-refractivity contribution in [2.24, 2.45) is 5.16 Å². The molecule has 0 saturated heterocycles. The first-order chi connectivity index (χ1) is 13.0. The van der Waals surface area contributed by atoms with Gasteiger partial charge < -0.3 is 14.3 Å². The van der Waals surface area contributed by atoms with Gasteiger partial charge in [0.25, 0.3) is 0 Å². The first-order valence-corrected chi connectivity index (χ1v) is 8.44. The van der Waals surface area contributed by atoms with Gasteiger partial charge in [0.2, 0.25) is 0 Å². The van der Waals surface area contributed by atoms with Crippen LogP contribution in [0.3, 0.4) is 0 Å². The Balaban J connectivity index is 2.34. The van der Waals surface area contributed by atoms with E-state index in [9.17, 15) is 9.18 Å². The predicted molar refractivity (Wildman–Crippen MR) is 102 cm³/mol. The van der Waals surface area contributed by atoms with E-state index in [-0.39, 0.29) is 16.8 Å². The molecule has 142 valence electrons. The molecule has 0 fully saturated rings. The molecule has 0 bridgehead atoms. The van der Waals surface area contributed by atoms with E-state index in [0.717, 1.165) is 0 Å². The highest BCUT2D eigenvalue weighted by Crippen LogP contribution is 2.26. The summed E-state index contributed by atoms with van der Waals surface area (Å²) >= 11 is 11.3. The number of nitrogens with zero attached hydrogens (tertiary/aromatic N) is 1. The zero-order chi connectivity index (χ0) is 19.8. The summed E-state index contributed by atoms with van der Waals surface area (Å²) in [6, 6.07) is 10.9. The molecule has 8 heteroatoms. The molecule has 2 rings (SSSR count). The Labute approximate surface area is 165 Å². The highest BCUT2D eigenvalue weighted by Gasteiger charge is 2.19. The highest BCUT2D eigenvalue weighted by molar-refractivity contribution is 6.57. The van der Waals surface area contributed by atoms with E-state index in [0.29, 0.717) is 22.4 Å². The molecule has 0 atom stereocenters. The van der Waals surface area contributed by atoms with Crippen LogP contribution in [0.2, 0.25) is 0 Å². The van der Waals surface area contributed by atoms with Crippen LogP contribution in [0.5, 0.6) is 5.75 Å². The lowest BCUT2D eigenvalue weighted by atomic mass is 10.0. The van der Waals surface area contributed by atoms with Crippen molar-refractivity contribution in [3.8, 4) is 5.75 Å². The molecule has 0 aliphatic rings. The van der Waals surface area contributed by atoms with Gasteiger partial charge in [0.05, 0.1) is 7.11 Å². The molecule has 0 aliphatic heterocycles. The molecule has 0 spiro atoms. The number of carbonyl (C=O) groups is 1. The van der Waals surface area contributed by atoms with Crippen molar-refractivity contribution < 1.29 is 23.5 Å². The van der Waals surface area contributed by atoms with Crippen LogP contribution in [0.25, 0.3) is 6.08 Å². The smallest absolute Gasteiger partial charge is 0.360 e. The van der Waals surface area contributed by atoms with Gasteiger partial charge in [-0.15, -0.1) is 0 Å². The quantitative estimate of drug-likeness (QED) is 0.376. The highest BCUT2D eigenvalue weighted by atomic mass is 35.5. The Morgan fingerprint density at radius 3 is 2.59 bits per heavy atom. The first-order valence-electron chi connectivity index (χ1n) is 7.69. The fraction of sp³-hybridized carbons (Fsp3) is 0.158. The molecule has 0 aromatic heterocycles. The van der Waals surface area contributed by atoms with Crippen LogP contribution in [0.15, 0.2) is 52.1 Å². The molecule has 0 radical (unpaired) electrons. The second-order valence-corrected chi connectivity index (χ2v) is 6.18. The summed E-state index contributed by atoms with van der Waals surface area (Å²) in [5.74, 6) is -0.735. The van der Waals surface area contributed by atoms with Crippen LogP contribution in [0.4, 0.5) is 4.39 Å². The lowest BCUT2D eigenvalue weighted by Gasteiger charge is -2.13. The van der Waals surface area contributed by atoms with Crippen LogP contribution in [0, 0.1) is 5.82 Å². The molecule has 2 aromatic rings. The van der Waals surface area contributed by atoms with Crippen molar-refractivity contribution >= 4 is 41.0 Å². The van der Waals surface area contributed by atoms with E-state index in [1.807, 2.05) is 0 Å². The van der Waals surface area contributed by atoms with Gasteiger partial charge in [0.15, 0.2) is 5.71 Å². The summed E-state index contributed by atoms with van der Waals surface area (Å²) in [4.78, 5) is 16.7. The van der Waals surface area contributed by atoms with Crippen molar-refractivity contribution in [1.82, 2.24) is 0 Å². The Kier molecular flexibility index (Phi) is 7.64. The number of ether oxygens (including phenoxy) is 2. The minimum atomic E-state index is -0.649. The maximum absolute atomic E-state index is 13.5. The first kappa shape index (κ1) is 20.7. The molecule has 2 aromatic carbocycles. The standard InChI is InChI=1S/C19H16Cl2FNO4/c1-25-19(24)18(23-26-2)15-6-4-3-5-12(15)11-27-16-8-7-14(22)9-13(16)10-17(20)21/h3-10H,11H2,1-2H3/b23-18+. The Hall–Kier alpha value is -2.57. The minimum absolute atomic E-state index is 0.00206. The largest absolute Gasteiger partial charge is 0.488 e. The molecule has 5 nitrogen and oxygen atoms in total. The maximum atomic E-state index is 13.5. The van der Waals surface area contributed by atoms with Crippen LogP contribution in [0.1, 0.15) is 16.7 Å². The van der Waals surface area contributed by atoms with Crippen LogP contribution in [-0.2, 0) is 21.0 Å². The monoisotopic (exact) mass is 411 g/mol. The second kappa shape index (κ2) is 9.94. The van der Waals surface area contributed by atoms with Crippen LogP contribution < -0.4 is 4.74 Å². The Bertz CT molecular complexity index is 880. The number of esters is 1. The SMILES string of the molecule is CO/N=C(/C(=O)OC)c1ccccc1COc1ccc(F)cc1C=C(Cl)Cl. The average molecular weight is 412 g/mol. The van der Waals surface area contributed by atoms with E-state index in [4.69, 9.17) is 37.5 Å². The van der Waals surface area contributed by atoms with Gasteiger partial charge in [-0.25, -0.2) is 9.18 Å². The van der Waals surface area contributed by atoms with Gasteiger partial charge in [-0.05, 0) is 29.8 Å². The number of carbonyl (C=O) groups excluding carboxylic acids is 1. The van der Waals surface area contributed by atoms with Gasteiger partial charge in [0, 0.05) is 11.1 Å². The molecular formula is C19H16Cl2FNO4. The normalized spacial score (nSPS) is 10.9. The van der Waals surface area contributed by atoms with E-state index in [1.54, 1.807) is 24.3 Å². The summed E-state index contributed by atoms with van der Waals surface area (Å²) in [5.41, 5.74) is 1.52. The second-order valence-electron chi connectivity index (χ2n) is 5.18. The third-order valence-electron chi connectivity index (χ3n) is 3.45. The predicted octanol–water partition coefficient (Wildman–Crippen LogP) is 4.70. The Morgan fingerprint density at radius 1 is 1.19 bits per heavy atom. The Morgan fingerprint density at radius 2 is 1.93 bits per heavy atom. The maximum Gasteiger partial charge on any atom is 0.360 e. The van der Waals surface area contributed by atoms with Gasteiger partial charge in [-0.2, -0.15) is 0 Å². The fourth-order valence-electron chi connectivity index (χ4n) is 2.30. The number of hydrogen-bond donors (Lipinski definition) is 0. The van der Waals surface area contributed by atoms with E-state index in [1.165, 1.54) is 38.5 Å². The van der Waals surface area contributed by atoms with Gasteiger partial charge in [0.1, 0.15) is 29.8 Å². The lowest BCUT2D eigenvalue weighted by Crippen LogP contribution is -2.19. The fourth-order valence-corrected chi connectivity index (χ4v) is 2.53. The molecule has 0 heterocycles. The summed E-state index contributed by atoms with van der Waals surface area (Å²) in [7, 11) is 2.58. The molecule has 0 aliphatic carbocycles. The zero-order valence-corrected chi connectivity index (χ0v) is 16.1. The van der Waals surface area contributed by atoms with Crippen molar-refractivity contribution in [2.45, 2.75) is 6.61 Å². The van der Waals surface area contributed by atoms with Crippen molar-refractivity contribution in [3.63, 3.8) is 0 Å². The number of halogens is 3.